The molecule has 2 aromatic heterocycles. The summed E-state index contributed by atoms with van der Waals surface area (Å²) in [5, 5.41) is 14.4. The van der Waals surface area contributed by atoms with Crippen LogP contribution in [0.5, 0.6) is 0 Å². The van der Waals surface area contributed by atoms with E-state index in [0.29, 0.717) is 22.2 Å². The monoisotopic (exact) mass is 355 g/mol. The summed E-state index contributed by atoms with van der Waals surface area (Å²) in [7, 11) is 0. The molecule has 0 saturated heterocycles. The summed E-state index contributed by atoms with van der Waals surface area (Å²) in [5.74, 6) is 0.251. The number of fused-ring (bicyclic) bond motifs is 1. The van der Waals surface area contributed by atoms with Crippen molar-refractivity contribution >= 4 is 50.7 Å². The molecule has 0 aliphatic rings. The molecule has 2 heterocycles. The molecular weight excluding hydrogens is 342 g/mol. The third-order valence-electron chi connectivity index (χ3n) is 3.27. The predicted octanol–water partition coefficient (Wildman–Crippen LogP) is 3.26. The summed E-state index contributed by atoms with van der Waals surface area (Å²) in [6.07, 6.45) is 0. The number of amides is 1. The topological polar surface area (TPSA) is 105 Å². The minimum absolute atomic E-state index is 0.168. The van der Waals surface area contributed by atoms with Gasteiger partial charge in [-0.15, -0.1) is 11.3 Å². The second-order valence-electron chi connectivity index (χ2n) is 4.97. The minimum atomic E-state index is -0.391. The molecule has 0 spiro atoms. The van der Waals surface area contributed by atoms with Gasteiger partial charge >= 0.3 is 0 Å². The molecule has 0 radical (unpaired) electrons. The fraction of sp³-hybridized carbons (Fsp3) is 0.125. The van der Waals surface area contributed by atoms with Crippen molar-refractivity contribution in [2.24, 2.45) is 0 Å². The van der Waals surface area contributed by atoms with E-state index in [-0.39, 0.29) is 5.91 Å². The van der Waals surface area contributed by atoms with E-state index in [2.05, 4.69) is 15.3 Å². The number of thiophene rings is 1. The molecule has 1 atom stereocenters. The third kappa shape index (κ3) is 3.48. The molecule has 6 nitrogen and oxygen atoms in total. The van der Waals surface area contributed by atoms with Crippen LogP contribution in [0.1, 0.15) is 12.5 Å². The Labute approximate surface area is 146 Å². The second kappa shape index (κ2) is 6.86. The van der Waals surface area contributed by atoms with E-state index < -0.39 is 5.25 Å². The van der Waals surface area contributed by atoms with E-state index in [0.717, 1.165) is 10.2 Å². The largest absolute Gasteiger partial charge is 0.383 e. The smallest absolute Gasteiger partial charge is 0.237 e. The minimum Gasteiger partial charge on any atom is -0.383 e. The second-order valence-corrected chi connectivity index (χ2v) is 7.17. The van der Waals surface area contributed by atoms with Gasteiger partial charge in [0.15, 0.2) is 5.16 Å². The van der Waals surface area contributed by atoms with Gasteiger partial charge in [0, 0.05) is 5.69 Å². The summed E-state index contributed by atoms with van der Waals surface area (Å²) < 4.78 is 0. The van der Waals surface area contributed by atoms with Gasteiger partial charge in [0.2, 0.25) is 5.91 Å². The lowest BCUT2D eigenvalue weighted by Crippen LogP contribution is -2.22. The Morgan fingerprint density at radius 1 is 1.33 bits per heavy atom. The van der Waals surface area contributed by atoms with Crippen LogP contribution in [0.15, 0.2) is 40.9 Å². The van der Waals surface area contributed by atoms with Crippen LogP contribution in [0.2, 0.25) is 0 Å². The molecule has 0 aliphatic carbocycles. The highest BCUT2D eigenvalue weighted by atomic mass is 32.2. The SMILES string of the molecule is CC(Sc1nc(N)c2ccsc2n1)C(=O)Nc1ccc(C#N)cc1. The summed E-state index contributed by atoms with van der Waals surface area (Å²) in [5.41, 5.74) is 7.10. The first-order valence-electron chi connectivity index (χ1n) is 7.05. The number of carbonyl (C=O) groups excluding carboxylic acids is 1. The van der Waals surface area contributed by atoms with Gasteiger partial charge in [-0.25, -0.2) is 9.97 Å². The number of nitrogens with two attached hydrogens (primary N) is 1. The maximum atomic E-state index is 12.3. The average molecular weight is 355 g/mol. The van der Waals surface area contributed by atoms with Crippen molar-refractivity contribution in [1.29, 1.82) is 5.26 Å². The van der Waals surface area contributed by atoms with Gasteiger partial charge in [-0.1, -0.05) is 11.8 Å². The van der Waals surface area contributed by atoms with Gasteiger partial charge in [0.1, 0.15) is 10.6 Å². The molecular formula is C16H13N5OS2. The van der Waals surface area contributed by atoms with E-state index in [1.54, 1.807) is 31.2 Å². The number of rotatable bonds is 4. The van der Waals surface area contributed by atoms with Crippen LogP contribution in [-0.4, -0.2) is 21.1 Å². The van der Waals surface area contributed by atoms with E-state index in [4.69, 9.17) is 11.0 Å². The molecule has 1 aromatic carbocycles. The number of anilines is 2. The van der Waals surface area contributed by atoms with Crippen molar-refractivity contribution in [2.45, 2.75) is 17.3 Å². The first-order chi connectivity index (χ1) is 11.6. The number of carbonyl (C=O) groups is 1. The third-order valence-corrected chi connectivity index (χ3v) is 5.03. The van der Waals surface area contributed by atoms with E-state index >= 15 is 0 Å². The molecule has 3 N–H and O–H groups in total. The molecule has 1 unspecified atom stereocenters. The Balaban J connectivity index is 1.69. The van der Waals surface area contributed by atoms with Crippen molar-refractivity contribution in [3.63, 3.8) is 0 Å². The van der Waals surface area contributed by atoms with Gasteiger partial charge < -0.3 is 11.1 Å². The van der Waals surface area contributed by atoms with Gasteiger partial charge in [-0.05, 0) is 42.6 Å². The molecule has 120 valence electrons. The number of benzene rings is 1. The number of hydrogen-bond donors (Lipinski definition) is 2. The van der Waals surface area contributed by atoms with Crippen LogP contribution in [0.4, 0.5) is 11.5 Å². The van der Waals surface area contributed by atoms with E-state index in [1.807, 2.05) is 17.5 Å². The highest BCUT2D eigenvalue weighted by Crippen LogP contribution is 2.28. The molecule has 8 heteroatoms. The fourth-order valence-electron chi connectivity index (χ4n) is 1.99. The zero-order chi connectivity index (χ0) is 17.1. The Kier molecular flexibility index (Phi) is 4.64. The number of thioether (sulfide) groups is 1. The number of nitrogens with zero attached hydrogens (tertiary/aromatic N) is 3. The summed E-state index contributed by atoms with van der Waals surface area (Å²) in [4.78, 5) is 21.8. The van der Waals surface area contributed by atoms with E-state index in [1.165, 1.54) is 23.1 Å². The molecule has 0 fully saturated rings. The van der Waals surface area contributed by atoms with Crippen LogP contribution >= 0.6 is 23.1 Å². The lowest BCUT2D eigenvalue weighted by molar-refractivity contribution is -0.115. The van der Waals surface area contributed by atoms with Crippen LogP contribution < -0.4 is 11.1 Å². The molecule has 24 heavy (non-hydrogen) atoms. The summed E-state index contributed by atoms with van der Waals surface area (Å²) in [6.45, 7) is 1.78. The standard InChI is InChI=1S/C16H13N5OS2/c1-9(14(22)19-11-4-2-10(8-17)3-5-11)24-16-20-13(18)12-6-7-23-15(12)21-16/h2-7,9H,1H3,(H,19,22)(H2,18,20,21). The first-order valence-corrected chi connectivity index (χ1v) is 8.81. The maximum Gasteiger partial charge on any atom is 0.237 e. The Morgan fingerprint density at radius 3 is 2.79 bits per heavy atom. The van der Waals surface area contributed by atoms with E-state index in [9.17, 15) is 4.79 Å². The number of nitriles is 1. The van der Waals surface area contributed by atoms with Crippen LogP contribution in [0.3, 0.4) is 0 Å². The lowest BCUT2D eigenvalue weighted by atomic mass is 10.2. The maximum absolute atomic E-state index is 12.3. The average Bonchev–Trinajstić information content (AvgIpc) is 3.04. The molecule has 0 bridgehead atoms. The molecule has 1 amide bonds. The lowest BCUT2D eigenvalue weighted by Gasteiger charge is -2.11. The molecule has 0 aliphatic heterocycles. The highest BCUT2D eigenvalue weighted by molar-refractivity contribution is 8.00. The summed E-state index contributed by atoms with van der Waals surface area (Å²) >= 11 is 2.74. The molecule has 0 saturated carbocycles. The Bertz CT molecular complexity index is 930. The number of nitrogens with one attached hydrogen (secondary N) is 1. The highest BCUT2D eigenvalue weighted by Gasteiger charge is 2.17. The van der Waals surface area contributed by atoms with Crippen LogP contribution in [0, 0.1) is 11.3 Å². The summed E-state index contributed by atoms with van der Waals surface area (Å²) in [6, 6.07) is 10.6. The van der Waals surface area contributed by atoms with Crippen molar-refractivity contribution < 1.29 is 4.79 Å². The number of aromatic nitrogens is 2. The number of nitrogen functional groups attached to an aromatic ring is 1. The zero-order valence-corrected chi connectivity index (χ0v) is 14.3. The predicted molar refractivity (Wildman–Crippen MR) is 96.9 cm³/mol. The van der Waals surface area contributed by atoms with Crippen LogP contribution in [-0.2, 0) is 4.79 Å². The van der Waals surface area contributed by atoms with Crippen molar-refractivity contribution in [3.05, 3.63) is 41.3 Å². The first kappa shape index (κ1) is 16.2. The normalized spacial score (nSPS) is 11.8. The molecule has 3 rings (SSSR count). The van der Waals surface area contributed by atoms with Crippen LogP contribution in [0.25, 0.3) is 10.2 Å². The van der Waals surface area contributed by atoms with Gasteiger partial charge in [-0.3, -0.25) is 4.79 Å². The van der Waals surface area contributed by atoms with Crippen molar-refractivity contribution in [1.82, 2.24) is 9.97 Å². The van der Waals surface area contributed by atoms with Gasteiger partial charge in [-0.2, -0.15) is 5.26 Å². The Morgan fingerprint density at radius 2 is 2.08 bits per heavy atom. The fourth-order valence-corrected chi connectivity index (χ4v) is 3.60. The Hall–Kier alpha value is -2.63. The van der Waals surface area contributed by atoms with Gasteiger partial charge in [0.05, 0.1) is 22.3 Å². The quantitative estimate of drug-likeness (QED) is 0.550. The van der Waals surface area contributed by atoms with Crippen molar-refractivity contribution in [2.75, 3.05) is 11.1 Å². The van der Waals surface area contributed by atoms with Gasteiger partial charge in [0.25, 0.3) is 0 Å². The molecule has 3 aromatic rings. The number of hydrogen-bond acceptors (Lipinski definition) is 7. The van der Waals surface area contributed by atoms with Crippen molar-refractivity contribution in [3.8, 4) is 6.07 Å². The zero-order valence-electron chi connectivity index (χ0n) is 12.7.